The third kappa shape index (κ3) is 3.80. The molecule has 2 fully saturated rings. The molecule has 1 N–H and O–H groups in total. The predicted molar refractivity (Wildman–Crippen MR) is 130 cm³/mol. The summed E-state index contributed by atoms with van der Waals surface area (Å²) in [5, 5.41) is 7.79. The molecule has 3 aromatic heterocycles. The van der Waals surface area contributed by atoms with Gasteiger partial charge in [0.15, 0.2) is 5.54 Å². The second-order valence-corrected chi connectivity index (χ2v) is 10.7. The molecule has 0 aliphatic carbocycles. The number of rotatable bonds is 5. The lowest BCUT2D eigenvalue weighted by Gasteiger charge is -2.41. The molecule has 34 heavy (non-hydrogen) atoms. The number of imide groups is 1. The number of hydrogen-bond donors (Lipinski definition) is 1. The fourth-order valence-electron chi connectivity index (χ4n) is 5.00. The molecule has 0 spiro atoms. The van der Waals surface area contributed by atoms with E-state index in [1.807, 2.05) is 41.6 Å². The quantitative estimate of drug-likeness (QED) is 0.545. The number of nitrogens with zero attached hydrogens (tertiary/aromatic N) is 4. The number of amides is 4. The van der Waals surface area contributed by atoms with Crippen LogP contribution >= 0.6 is 22.7 Å². The van der Waals surface area contributed by atoms with Crippen LogP contribution in [0.5, 0.6) is 0 Å². The minimum atomic E-state index is -1.19. The minimum absolute atomic E-state index is 0.0159. The number of nitrogens with one attached hydrogen (secondary N) is 1. The molecule has 4 amide bonds. The van der Waals surface area contributed by atoms with Gasteiger partial charge in [-0.05, 0) is 61.1 Å². The van der Waals surface area contributed by atoms with Crippen LogP contribution in [-0.4, -0.2) is 50.7 Å². The zero-order chi connectivity index (χ0) is 23.9. The van der Waals surface area contributed by atoms with Crippen molar-refractivity contribution in [3.63, 3.8) is 0 Å². The molecule has 10 heteroatoms. The molecular weight excluding hydrogens is 470 g/mol. The largest absolute Gasteiger partial charge is 0.338 e. The first-order valence-corrected chi connectivity index (χ1v) is 12.9. The Morgan fingerprint density at radius 1 is 1.24 bits per heavy atom. The van der Waals surface area contributed by atoms with Gasteiger partial charge in [-0.1, -0.05) is 6.07 Å². The number of pyridine rings is 1. The summed E-state index contributed by atoms with van der Waals surface area (Å²) in [6.07, 6.45) is 4.50. The van der Waals surface area contributed by atoms with Crippen molar-refractivity contribution in [3.8, 4) is 0 Å². The number of likely N-dealkylation sites (tertiary alicyclic amines) is 1. The lowest BCUT2D eigenvalue weighted by Crippen LogP contribution is -2.54. The first kappa shape index (κ1) is 22.7. The van der Waals surface area contributed by atoms with Crippen LogP contribution in [0.15, 0.2) is 41.4 Å². The molecule has 0 saturated carbocycles. The van der Waals surface area contributed by atoms with E-state index in [-0.39, 0.29) is 24.3 Å². The summed E-state index contributed by atoms with van der Waals surface area (Å²) in [5.74, 6) is -0.429. The van der Waals surface area contributed by atoms with Crippen LogP contribution in [0, 0.1) is 19.8 Å². The van der Waals surface area contributed by atoms with Crippen LogP contribution in [0.4, 0.5) is 4.79 Å². The van der Waals surface area contributed by atoms with Gasteiger partial charge in [0.1, 0.15) is 4.88 Å². The zero-order valence-corrected chi connectivity index (χ0v) is 20.6. The summed E-state index contributed by atoms with van der Waals surface area (Å²) in [7, 11) is 0. The summed E-state index contributed by atoms with van der Waals surface area (Å²) in [5.41, 5.74) is 1.17. The molecule has 0 aromatic carbocycles. The third-order valence-electron chi connectivity index (χ3n) is 6.66. The predicted octanol–water partition coefficient (Wildman–Crippen LogP) is 3.72. The Morgan fingerprint density at radius 3 is 2.65 bits per heavy atom. The number of carbonyl (C=O) groups excluding carboxylic acids is 3. The monoisotopic (exact) mass is 495 g/mol. The second-order valence-electron chi connectivity index (χ2n) is 8.72. The van der Waals surface area contributed by atoms with Crippen LogP contribution in [-0.2, 0) is 16.9 Å². The molecule has 1 atom stereocenters. The molecule has 5 rings (SSSR count). The highest BCUT2D eigenvalue weighted by Crippen LogP contribution is 2.42. The van der Waals surface area contributed by atoms with Crippen molar-refractivity contribution in [2.75, 3.05) is 13.1 Å². The summed E-state index contributed by atoms with van der Waals surface area (Å²) in [4.78, 5) is 52.4. The lowest BCUT2D eigenvalue weighted by atomic mass is 9.73. The number of hydrogen-bond acceptors (Lipinski definition) is 7. The van der Waals surface area contributed by atoms with E-state index in [0.717, 1.165) is 16.3 Å². The molecule has 3 aromatic rings. The van der Waals surface area contributed by atoms with Gasteiger partial charge in [0.25, 0.3) is 11.8 Å². The van der Waals surface area contributed by atoms with Gasteiger partial charge in [-0.2, -0.15) is 11.3 Å². The van der Waals surface area contributed by atoms with Crippen molar-refractivity contribution in [2.24, 2.45) is 5.92 Å². The molecule has 2 aliphatic rings. The topological polar surface area (TPSA) is 95.5 Å². The van der Waals surface area contributed by atoms with Gasteiger partial charge in [0.05, 0.1) is 17.2 Å². The van der Waals surface area contributed by atoms with E-state index in [1.165, 1.54) is 27.6 Å². The SMILES string of the molecule is Cc1nc(C)c(C(=O)N2CCC([C@@]3(c4cccnc4)NC(=O)N(Cc4ccsc4)C3=O)CC2)s1. The van der Waals surface area contributed by atoms with E-state index in [1.54, 1.807) is 18.5 Å². The number of urea groups is 1. The third-order valence-corrected chi connectivity index (χ3v) is 8.45. The fraction of sp³-hybridized carbons (Fsp3) is 0.375. The molecule has 0 unspecified atom stereocenters. The van der Waals surface area contributed by atoms with Crippen molar-refractivity contribution in [3.05, 3.63) is 68.1 Å². The summed E-state index contributed by atoms with van der Waals surface area (Å²) in [6, 6.07) is 5.16. The normalized spacial score (nSPS) is 21.2. The van der Waals surface area contributed by atoms with E-state index in [9.17, 15) is 14.4 Å². The van der Waals surface area contributed by atoms with Crippen LogP contribution in [0.3, 0.4) is 0 Å². The van der Waals surface area contributed by atoms with Crippen molar-refractivity contribution >= 4 is 40.5 Å². The Morgan fingerprint density at radius 2 is 2.03 bits per heavy atom. The highest BCUT2D eigenvalue weighted by molar-refractivity contribution is 7.13. The Bertz CT molecular complexity index is 1220. The number of piperidine rings is 1. The average molecular weight is 496 g/mol. The highest BCUT2D eigenvalue weighted by Gasteiger charge is 2.57. The van der Waals surface area contributed by atoms with Crippen molar-refractivity contribution < 1.29 is 14.4 Å². The van der Waals surface area contributed by atoms with Crippen LogP contribution in [0.2, 0.25) is 0 Å². The maximum atomic E-state index is 13.9. The minimum Gasteiger partial charge on any atom is -0.338 e. The smallest absolute Gasteiger partial charge is 0.325 e. The first-order valence-electron chi connectivity index (χ1n) is 11.2. The standard InChI is InChI=1S/C24H25N5O3S2/c1-15-20(34-16(2)26-15)21(30)28-9-5-18(6-10-28)24(19-4-3-8-25-12-19)22(31)29(23(32)27-24)13-17-7-11-33-14-17/h3-4,7-8,11-12,14,18H,5-6,9-10,13H2,1-2H3,(H,27,32)/t24-/m0/s1. The maximum absolute atomic E-state index is 13.9. The highest BCUT2D eigenvalue weighted by atomic mass is 32.1. The maximum Gasteiger partial charge on any atom is 0.325 e. The number of aromatic nitrogens is 2. The molecule has 176 valence electrons. The number of carbonyl (C=O) groups is 3. The van der Waals surface area contributed by atoms with Crippen molar-refractivity contribution in [1.29, 1.82) is 0 Å². The Hall–Kier alpha value is -3.11. The van der Waals surface area contributed by atoms with Crippen LogP contribution in [0.1, 0.15) is 44.3 Å². The molecule has 5 heterocycles. The Labute approximate surface area is 205 Å². The average Bonchev–Trinajstić information content (AvgIpc) is 3.55. The lowest BCUT2D eigenvalue weighted by molar-refractivity contribution is -0.134. The van der Waals surface area contributed by atoms with E-state index in [0.29, 0.717) is 36.4 Å². The van der Waals surface area contributed by atoms with Gasteiger partial charge in [0.2, 0.25) is 0 Å². The molecular formula is C24H25N5O3S2. The molecule has 0 bridgehead atoms. The van der Waals surface area contributed by atoms with E-state index in [2.05, 4.69) is 15.3 Å². The van der Waals surface area contributed by atoms with Gasteiger partial charge in [0, 0.05) is 31.0 Å². The van der Waals surface area contributed by atoms with Gasteiger partial charge < -0.3 is 10.2 Å². The Balaban J connectivity index is 1.41. The van der Waals surface area contributed by atoms with Crippen LogP contribution in [0.25, 0.3) is 0 Å². The summed E-state index contributed by atoms with van der Waals surface area (Å²) in [6.45, 7) is 5.01. The summed E-state index contributed by atoms with van der Waals surface area (Å²) >= 11 is 2.95. The van der Waals surface area contributed by atoms with E-state index < -0.39 is 11.6 Å². The molecule has 0 radical (unpaired) electrons. The summed E-state index contributed by atoms with van der Waals surface area (Å²) < 4.78 is 0. The Kier molecular flexibility index (Phi) is 5.95. The number of thiazole rings is 1. The van der Waals surface area contributed by atoms with E-state index in [4.69, 9.17) is 0 Å². The van der Waals surface area contributed by atoms with Gasteiger partial charge in [-0.25, -0.2) is 9.78 Å². The number of aryl methyl sites for hydroxylation is 2. The zero-order valence-electron chi connectivity index (χ0n) is 19.0. The van der Waals surface area contributed by atoms with Crippen molar-refractivity contribution in [2.45, 2.75) is 38.8 Å². The van der Waals surface area contributed by atoms with Gasteiger partial charge in [-0.3, -0.25) is 19.5 Å². The van der Waals surface area contributed by atoms with Gasteiger partial charge >= 0.3 is 6.03 Å². The van der Waals surface area contributed by atoms with E-state index >= 15 is 0 Å². The first-order chi connectivity index (χ1) is 16.4. The van der Waals surface area contributed by atoms with Crippen LogP contribution < -0.4 is 5.32 Å². The number of thiophene rings is 1. The second kappa shape index (κ2) is 8.92. The fourth-order valence-corrected chi connectivity index (χ4v) is 6.54. The molecule has 8 nitrogen and oxygen atoms in total. The molecule has 2 aliphatic heterocycles. The van der Waals surface area contributed by atoms with Crippen molar-refractivity contribution in [1.82, 2.24) is 25.1 Å². The van der Waals surface area contributed by atoms with Gasteiger partial charge in [-0.15, -0.1) is 11.3 Å². The molecule has 2 saturated heterocycles.